The number of urea groups is 1. The van der Waals surface area contributed by atoms with Crippen LogP contribution in [0.1, 0.15) is 78.1 Å². The van der Waals surface area contributed by atoms with Gasteiger partial charge in [-0.25, -0.2) is 4.79 Å². The fourth-order valence-electron chi connectivity index (χ4n) is 4.17. The van der Waals surface area contributed by atoms with Gasteiger partial charge in [-0.2, -0.15) is 0 Å². The minimum atomic E-state index is -0.748. The molecule has 1 aliphatic heterocycles. The molecule has 1 fully saturated rings. The largest absolute Gasteiger partial charge is 0.343 e. The molecule has 0 spiro atoms. The Morgan fingerprint density at radius 1 is 0.971 bits per heavy atom. The molecule has 34 heavy (non-hydrogen) atoms. The van der Waals surface area contributed by atoms with E-state index in [1.807, 2.05) is 9.80 Å². The van der Waals surface area contributed by atoms with Crippen LogP contribution in [0.2, 0.25) is 5.02 Å². The zero-order valence-corrected chi connectivity index (χ0v) is 21.5. The number of carbonyl (C=O) groups is 3. The molecule has 7 nitrogen and oxygen atoms in total. The van der Waals surface area contributed by atoms with E-state index in [9.17, 15) is 14.4 Å². The third-order valence-corrected chi connectivity index (χ3v) is 6.44. The van der Waals surface area contributed by atoms with Crippen molar-refractivity contribution in [2.45, 2.75) is 84.1 Å². The third kappa shape index (κ3) is 9.92. The van der Waals surface area contributed by atoms with Crippen LogP contribution in [0.4, 0.5) is 10.5 Å². The van der Waals surface area contributed by atoms with E-state index < -0.39 is 12.1 Å². The van der Waals surface area contributed by atoms with Crippen LogP contribution in [0.5, 0.6) is 0 Å². The van der Waals surface area contributed by atoms with Crippen molar-refractivity contribution in [1.82, 2.24) is 15.1 Å². The molecule has 1 saturated heterocycles. The number of amides is 4. The number of nitrogens with zero attached hydrogens (tertiary/aromatic N) is 2. The summed E-state index contributed by atoms with van der Waals surface area (Å²) in [7, 11) is 0. The quantitative estimate of drug-likeness (QED) is 0.339. The van der Waals surface area contributed by atoms with Crippen LogP contribution < -0.4 is 10.6 Å². The van der Waals surface area contributed by atoms with Crippen LogP contribution in [0, 0.1) is 0 Å². The highest BCUT2D eigenvalue weighted by Gasteiger charge is 2.28. The zero-order chi connectivity index (χ0) is 24.8. The summed E-state index contributed by atoms with van der Waals surface area (Å²) < 4.78 is 0. The molecule has 0 aromatic heterocycles. The van der Waals surface area contributed by atoms with Gasteiger partial charge in [-0.1, -0.05) is 51.1 Å². The predicted octanol–water partition coefficient (Wildman–Crippen LogP) is 5.44. The number of hydrogen-bond donors (Lipinski definition) is 2. The van der Waals surface area contributed by atoms with E-state index in [-0.39, 0.29) is 18.2 Å². The summed E-state index contributed by atoms with van der Waals surface area (Å²) in [6.07, 6.45) is 8.72. The summed E-state index contributed by atoms with van der Waals surface area (Å²) in [4.78, 5) is 42.6. The second-order valence-corrected chi connectivity index (χ2v) is 9.46. The Balaban J connectivity index is 2.07. The summed E-state index contributed by atoms with van der Waals surface area (Å²) in [6.45, 7) is 7.18. The van der Waals surface area contributed by atoms with Gasteiger partial charge in [0.1, 0.15) is 6.04 Å². The van der Waals surface area contributed by atoms with Gasteiger partial charge >= 0.3 is 6.03 Å². The average molecular weight is 493 g/mol. The SMILES string of the molecule is CCCCCN(CCCCC)C(=O)[C@H](CCC(=O)N1CCCC1)NC(=O)Nc1ccc(Cl)cc1. The molecule has 0 bridgehead atoms. The molecular weight excluding hydrogens is 452 g/mol. The third-order valence-electron chi connectivity index (χ3n) is 6.19. The van der Waals surface area contributed by atoms with E-state index in [1.165, 1.54) is 0 Å². The average Bonchev–Trinajstić information content (AvgIpc) is 3.37. The Morgan fingerprint density at radius 3 is 2.12 bits per heavy atom. The van der Waals surface area contributed by atoms with E-state index >= 15 is 0 Å². The molecule has 8 heteroatoms. The monoisotopic (exact) mass is 492 g/mol. The lowest BCUT2D eigenvalue weighted by molar-refractivity contribution is -0.134. The Labute approximate surface area is 209 Å². The second kappa shape index (κ2) is 15.6. The molecule has 0 radical (unpaired) electrons. The molecule has 1 heterocycles. The van der Waals surface area contributed by atoms with E-state index in [1.54, 1.807) is 24.3 Å². The van der Waals surface area contributed by atoms with E-state index in [0.29, 0.717) is 30.2 Å². The van der Waals surface area contributed by atoms with Gasteiger partial charge in [0.25, 0.3) is 0 Å². The van der Waals surface area contributed by atoms with Crippen LogP contribution in [-0.2, 0) is 9.59 Å². The summed E-state index contributed by atoms with van der Waals surface area (Å²) in [5, 5.41) is 6.19. The molecular formula is C26H41ClN4O3. The highest BCUT2D eigenvalue weighted by atomic mass is 35.5. The molecule has 4 amide bonds. The number of carbonyl (C=O) groups excluding carboxylic acids is 3. The lowest BCUT2D eigenvalue weighted by atomic mass is 10.1. The summed E-state index contributed by atoms with van der Waals surface area (Å²) in [6, 6.07) is 5.59. The van der Waals surface area contributed by atoms with Gasteiger partial charge in [0.15, 0.2) is 0 Å². The number of halogens is 1. The first kappa shape index (κ1) is 28.0. The number of benzene rings is 1. The van der Waals surface area contributed by atoms with Crippen molar-refractivity contribution in [2.75, 3.05) is 31.5 Å². The van der Waals surface area contributed by atoms with Crippen molar-refractivity contribution in [2.24, 2.45) is 0 Å². The molecule has 190 valence electrons. The number of hydrogen-bond acceptors (Lipinski definition) is 3. The van der Waals surface area contributed by atoms with Gasteiger partial charge in [0.05, 0.1) is 0 Å². The van der Waals surface area contributed by atoms with Gasteiger partial charge in [-0.15, -0.1) is 0 Å². The molecule has 2 N–H and O–H groups in total. The Kier molecular flexibility index (Phi) is 12.8. The van der Waals surface area contributed by atoms with Crippen molar-refractivity contribution < 1.29 is 14.4 Å². The van der Waals surface area contributed by atoms with E-state index in [4.69, 9.17) is 11.6 Å². The smallest absolute Gasteiger partial charge is 0.319 e. The lowest BCUT2D eigenvalue weighted by Gasteiger charge is -2.28. The van der Waals surface area contributed by atoms with Gasteiger partial charge in [-0.3, -0.25) is 9.59 Å². The normalized spacial score (nSPS) is 14.0. The Bertz CT molecular complexity index is 756. The van der Waals surface area contributed by atoms with Gasteiger partial charge in [0.2, 0.25) is 11.8 Å². The molecule has 0 aliphatic carbocycles. The zero-order valence-electron chi connectivity index (χ0n) is 20.8. The van der Waals surface area contributed by atoms with Gasteiger partial charge < -0.3 is 20.4 Å². The van der Waals surface area contributed by atoms with Crippen LogP contribution in [0.15, 0.2) is 24.3 Å². The molecule has 0 unspecified atom stereocenters. The predicted molar refractivity (Wildman–Crippen MR) is 138 cm³/mol. The van der Waals surface area contributed by atoms with Crippen molar-refractivity contribution in [3.05, 3.63) is 29.3 Å². The maximum Gasteiger partial charge on any atom is 0.319 e. The first-order chi connectivity index (χ1) is 16.4. The number of anilines is 1. The van der Waals surface area contributed by atoms with Crippen LogP contribution in [0.3, 0.4) is 0 Å². The molecule has 1 aliphatic rings. The minimum Gasteiger partial charge on any atom is -0.343 e. The van der Waals surface area contributed by atoms with Gasteiger partial charge in [0, 0.05) is 43.3 Å². The van der Waals surface area contributed by atoms with Crippen molar-refractivity contribution in [1.29, 1.82) is 0 Å². The topological polar surface area (TPSA) is 81.8 Å². The molecule has 2 rings (SSSR count). The summed E-state index contributed by atoms with van der Waals surface area (Å²) in [5.41, 5.74) is 0.587. The maximum atomic E-state index is 13.5. The Morgan fingerprint density at radius 2 is 1.56 bits per heavy atom. The van der Waals surface area contributed by atoms with Crippen molar-refractivity contribution in [3.8, 4) is 0 Å². The first-order valence-corrected chi connectivity index (χ1v) is 13.2. The van der Waals surface area contributed by atoms with E-state index in [0.717, 1.165) is 64.5 Å². The van der Waals surface area contributed by atoms with Crippen LogP contribution in [0.25, 0.3) is 0 Å². The fourth-order valence-corrected chi connectivity index (χ4v) is 4.29. The highest BCUT2D eigenvalue weighted by molar-refractivity contribution is 6.30. The summed E-state index contributed by atoms with van der Waals surface area (Å²) >= 11 is 5.92. The molecule has 1 atom stereocenters. The van der Waals surface area contributed by atoms with Crippen LogP contribution >= 0.6 is 11.6 Å². The van der Waals surface area contributed by atoms with Crippen molar-refractivity contribution >= 4 is 35.1 Å². The Hall–Kier alpha value is -2.28. The minimum absolute atomic E-state index is 0.0544. The van der Waals surface area contributed by atoms with Crippen molar-refractivity contribution in [3.63, 3.8) is 0 Å². The maximum absolute atomic E-state index is 13.5. The van der Waals surface area contributed by atoms with Crippen LogP contribution in [-0.4, -0.2) is 59.9 Å². The molecule has 0 saturated carbocycles. The number of rotatable bonds is 14. The lowest BCUT2D eigenvalue weighted by Crippen LogP contribution is -2.50. The van der Waals surface area contributed by atoms with Gasteiger partial charge in [-0.05, 0) is 56.4 Å². The number of likely N-dealkylation sites (tertiary alicyclic amines) is 1. The fraction of sp³-hybridized carbons (Fsp3) is 0.654. The second-order valence-electron chi connectivity index (χ2n) is 9.02. The number of nitrogens with one attached hydrogen (secondary N) is 2. The molecule has 1 aromatic rings. The number of unbranched alkanes of at least 4 members (excludes halogenated alkanes) is 4. The highest BCUT2D eigenvalue weighted by Crippen LogP contribution is 2.15. The first-order valence-electron chi connectivity index (χ1n) is 12.8. The molecule has 1 aromatic carbocycles. The standard InChI is InChI=1S/C26H41ClN4O3/c1-3-5-7-19-31(20-8-6-4-2)25(33)23(15-16-24(32)30-17-9-10-18-30)29-26(34)28-22-13-11-21(27)12-14-22/h11-14,23H,3-10,15-20H2,1-2H3,(H2,28,29,34)/t23-/m0/s1. The summed E-state index contributed by atoms with van der Waals surface area (Å²) in [5.74, 6) is -0.0496. The van der Waals surface area contributed by atoms with E-state index in [2.05, 4.69) is 24.5 Å².